The first kappa shape index (κ1) is 18.0. The molecule has 1 unspecified atom stereocenters. The van der Waals surface area contributed by atoms with Crippen LogP contribution in [0.1, 0.15) is 17.3 Å². The molecular weight excluding hydrogens is 360 g/mol. The van der Waals surface area contributed by atoms with E-state index >= 15 is 0 Å². The van der Waals surface area contributed by atoms with Crippen molar-refractivity contribution in [1.82, 2.24) is 4.90 Å². The number of non-ortho nitro benzene ring substituents is 1. The van der Waals surface area contributed by atoms with Crippen LogP contribution >= 0.6 is 11.6 Å². The number of ether oxygens (including phenoxy) is 2. The summed E-state index contributed by atoms with van der Waals surface area (Å²) in [6.07, 6.45) is -0.314. The van der Waals surface area contributed by atoms with Gasteiger partial charge in [0.05, 0.1) is 22.1 Å². The Morgan fingerprint density at radius 1 is 1.31 bits per heavy atom. The second kappa shape index (κ2) is 7.61. The van der Waals surface area contributed by atoms with Crippen molar-refractivity contribution in [2.24, 2.45) is 0 Å². The Labute approximate surface area is 155 Å². The zero-order valence-corrected chi connectivity index (χ0v) is 14.8. The predicted octanol–water partition coefficient (Wildman–Crippen LogP) is 3.55. The molecule has 26 heavy (non-hydrogen) atoms. The van der Waals surface area contributed by atoms with Crippen molar-refractivity contribution in [3.05, 3.63) is 63.2 Å². The maximum absolute atomic E-state index is 12.8. The summed E-state index contributed by atoms with van der Waals surface area (Å²) < 4.78 is 11.6. The summed E-state index contributed by atoms with van der Waals surface area (Å²) >= 11 is 6.07. The van der Waals surface area contributed by atoms with Crippen LogP contribution in [0.2, 0.25) is 5.02 Å². The minimum atomic E-state index is -0.553. The number of nitrogens with zero attached hydrogens (tertiary/aromatic N) is 2. The molecular formula is C18H17ClN2O5. The summed E-state index contributed by atoms with van der Waals surface area (Å²) in [6.45, 7) is 2.92. The van der Waals surface area contributed by atoms with E-state index in [4.69, 9.17) is 21.1 Å². The van der Waals surface area contributed by atoms with E-state index in [0.29, 0.717) is 31.2 Å². The molecule has 1 amide bonds. The molecule has 2 aromatic rings. The molecule has 0 fully saturated rings. The van der Waals surface area contributed by atoms with Gasteiger partial charge in [0.15, 0.2) is 17.6 Å². The number of carbonyl (C=O) groups is 1. The lowest BCUT2D eigenvalue weighted by molar-refractivity contribution is -0.384. The number of likely N-dealkylation sites (N-methyl/N-ethyl adjacent to an activating group) is 1. The van der Waals surface area contributed by atoms with Crippen molar-refractivity contribution in [2.45, 2.75) is 13.0 Å². The van der Waals surface area contributed by atoms with Crippen LogP contribution in [0.3, 0.4) is 0 Å². The molecule has 2 aromatic carbocycles. The second-order valence-corrected chi connectivity index (χ2v) is 6.17. The van der Waals surface area contributed by atoms with Gasteiger partial charge in [-0.2, -0.15) is 0 Å². The number of para-hydroxylation sites is 2. The molecule has 1 atom stereocenters. The number of hydrogen-bond donors (Lipinski definition) is 0. The van der Waals surface area contributed by atoms with Gasteiger partial charge in [-0.25, -0.2) is 0 Å². The van der Waals surface area contributed by atoms with Gasteiger partial charge in [0.2, 0.25) is 0 Å². The molecule has 0 N–H and O–H groups in total. The number of hydrogen-bond acceptors (Lipinski definition) is 5. The molecule has 136 valence electrons. The lowest BCUT2D eigenvalue weighted by Gasteiger charge is -2.31. The minimum Gasteiger partial charge on any atom is -0.486 e. The van der Waals surface area contributed by atoms with E-state index in [-0.39, 0.29) is 28.3 Å². The van der Waals surface area contributed by atoms with Crippen LogP contribution in [-0.4, -0.2) is 41.5 Å². The molecule has 0 spiro atoms. The monoisotopic (exact) mass is 376 g/mol. The summed E-state index contributed by atoms with van der Waals surface area (Å²) in [5.74, 6) is 1.01. The first-order valence-corrected chi connectivity index (χ1v) is 8.49. The van der Waals surface area contributed by atoms with E-state index in [0.717, 1.165) is 0 Å². The third-order valence-electron chi connectivity index (χ3n) is 4.05. The molecule has 1 heterocycles. The second-order valence-electron chi connectivity index (χ2n) is 5.76. The largest absolute Gasteiger partial charge is 0.486 e. The van der Waals surface area contributed by atoms with Crippen LogP contribution in [0.15, 0.2) is 42.5 Å². The maximum Gasteiger partial charge on any atom is 0.270 e. The normalized spacial score (nSPS) is 15.4. The van der Waals surface area contributed by atoms with Gasteiger partial charge in [-0.05, 0) is 25.1 Å². The van der Waals surface area contributed by atoms with Crippen LogP contribution in [0.25, 0.3) is 0 Å². The Hall–Kier alpha value is -2.80. The van der Waals surface area contributed by atoms with Gasteiger partial charge in [0.1, 0.15) is 6.61 Å². The Morgan fingerprint density at radius 3 is 2.69 bits per heavy atom. The molecule has 1 aliphatic rings. The van der Waals surface area contributed by atoms with Crippen LogP contribution < -0.4 is 9.47 Å². The Morgan fingerprint density at radius 2 is 2.04 bits per heavy atom. The lowest BCUT2D eigenvalue weighted by atomic mass is 10.1. The summed E-state index contributed by atoms with van der Waals surface area (Å²) in [5, 5.41) is 10.9. The van der Waals surface area contributed by atoms with Gasteiger partial charge in [-0.1, -0.05) is 23.7 Å². The standard InChI is InChI=1S/C18H17ClN2O5/c1-2-20(10-13-11-25-16-5-3-4-6-17(16)26-13)18(22)14-8-7-12(21(23)24)9-15(14)19/h3-9,13H,2,10-11H2,1H3. The van der Waals surface area contributed by atoms with Gasteiger partial charge in [0.25, 0.3) is 11.6 Å². The number of benzene rings is 2. The third-order valence-corrected chi connectivity index (χ3v) is 4.37. The topological polar surface area (TPSA) is 81.9 Å². The number of halogens is 1. The summed E-state index contributed by atoms with van der Waals surface area (Å²) in [7, 11) is 0. The molecule has 0 radical (unpaired) electrons. The highest BCUT2D eigenvalue weighted by molar-refractivity contribution is 6.34. The van der Waals surface area contributed by atoms with Crippen LogP contribution in [0, 0.1) is 10.1 Å². The van der Waals surface area contributed by atoms with Crippen LogP contribution in [0.4, 0.5) is 5.69 Å². The Balaban J connectivity index is 1.73. The summed E-state index contributed by atoms with van der Waals surface area (Å²) in [6, 6.07) is 11.2. The average Bonchev–Trinajstić information content (AvgIpc) is 2.65. The van der Waals surface area contributed by atoms with Gasteiger partial charge in [-0.15, -0.1) is 0 Å². The number of nitro groups is 1. The van der Waals surface area contributed by atoms with Crippen LogP contribution in [-0.2, 0) is 0 Å². The molecule has 0 aliphatic carbocycles. The first-order chi connectivity index (χ1) is 12.5. The van der Waals surface area contributed by atoms with Gasteiger partial charge < -0.3 is 14.4 Å². The number of rotatable bonds is 5. The average molecular weight is 377 g/mol. The molecule has 0 saturated heterocycles. The van der Waals surface area contributed by atoms with Crippen molar-refractivity contribution < 1.29 is 19.2 Å². The van der Waals surface area contributed by atoms with Gasteiger partial charge in [0, 0.05) is 18.7 Å². The van der Waals surface area contributed by atoms with E-state index in [1.807, 2.05) is 31.2 Å². The van der Waals surface area contributed by atoms with Crippen LogP contribution in [0.5, 0.6) is 11.5 Å². The molecule has 0 saturated carbocycles. The zero-order chi connectivity index (χ0) is 18.7. The van der Waals surface area contributed by atoms with Crippen molar-refractivity contribution >= 4 is 23.2 Å². The SMILES string of the molecule is CCN(CC1COc2ccccc2O1)C(=O)c1ccc([N+](=O)[O-])cc1Cl. The molecule has 7 nitrogen and oxygen atoms in total. The smallest absolute Gasteiger partial charge is 0.270 e. The Bertz CT molecular complexity index is 842. The maximum atomic E-state index is 12.8. The molecule has 3 rings (SSSR count). The predicted molar refractivity (Wildman–Crippen MR) is 96.0 cm³/mol. The van der Waals surface area contributed by atoms with Crippen molar-refractivity contribution in [1.29, 1.82) is 0 Å². The van der Waals surface area contributed by atoms with E-state index in [1.165, 1.54) is 18.2 Å². The summed E-state index contributed by atoms with van der Waals surface area (Å²) in [5.41, 5.74) is 0.0615. The van der Waals surface area contributed by atoms with Gasteiger partial charge in [-0.3, -0.25) is 14.9 Å². The minimum absolute atomic E-state index is 0.0498. The number of carbonyl (C=O) groups excluding carboxylic acids is 1. The first-order valence-electron chi connectivity index (χ1n) is 8.11. The highest BCUT2D eigenvalue weighted by atomic mass is 35.5. The number of nitro benzene ring substituents is 1. The van der Waals surface area contributed by atoms with E-state index in [9.17, 15) is 14.9 Å². The molecule has 0 bridgehead atoms. The molecule has 1 aliphatic heterocycles. The fourth-order valence-electron chi connectivity index (χ4n) is 2.72. The summed E-state index contributed by atoms with van der Waals surface area (Å²) in [4.78, 5) is 24.6. The van der Waals surface area contributed by atoms with Crippen molar-refractivity contribution in [3.8, 4) is 11.5 Å². The highest BCUT2D eigenvalue weighted by Gasteiger charge is 2.26. The van der Waals surface area contributed by atoms with E-state index < -0.39 is 4.92 Å². The van der Waals surface area contributed by atoms with E-state index in [1.54, 1.807) is 4.90 Å². The quantitative estimate of drug-likeness (QED) is 0.588. The Kier molecular flexibility index (Phi) is 5.27. The van der Waals surface area contributed by atoms with Gasteiger partial charge >= 0.3 is 0 Å². The molecule has 8 heteroatoms. The number of fused-ring (bicyclic) bond motifs is 1. The third kappa shape index (κ3) is 3.72. The fourth-order valence-corrected chi connectivity index (χ4v) is 2.97. The van der Waals surface area contributed by atoms with Crippen molar-refractivity contribution in [3.63, 3.8) is 0 Å². The highest BCUT2D eigenvalue weighted by Crippen LogP contribution is 2.31. The number of amides is 1. The fraction of sp³-hybridized carbons (Fsp3) is 0.278. The van der Waals surface area contributed by atoms with E-state index in [2.05, 4.69) is 0 Å². The molecule has 0 aromatic heterocycles. The lowest BCUT2D eigenvalue weighted by Crippen LogP contribution is -2.43. The van der Waals surface area contributed by atoms with Crippen molar-refractivity contribution in [2.75, 3.05) is 19.7 Å². The zero-order valence-electron chi connectivity index (χ0n) is 14.1.